The molecule has 9 heavy (non-hydrogen) atoms. The van der Waals surface area contributed by atoms with Gasteiger partial charge in [-0.05, 0) is 12.8 Å². The number of rotatable bonds is 3. The zero-order chi connectivity index (χ0) is 6.53. The molecule has 0 unspecified atom stereocenters. The zero-order valence-electron chi connectivity index (χ0n) is 5.39. The predicted molar refractivity (Wildman–Crippen MR) is 34.6 cm³/mol. The van der Waals surface area contributed by atoms with Crippen molar-refractivity contribution < 1.29 is 4.79 Å². The van der Waals surface area contributed by atoms with Gasteiger partial charge in [-0.25, -0.2) is 5.43 Å². The number of carbonyl (C=O) groups is 1. The van der Waals surface area contributed by atoms with Crippen LogP contribution in [-0.4, -0.2) is 12.5 Å². The van der Waals surface area contributed by atoms with Gasteiger partial charge in [-0.1, -0.05) is 12.8 Å². The summed E-state index contributed by atoms with van der Waals surface area (Å²) in [6, 6.07) is 0.523. The Morgan fingerprint density at radius 3 is 2.56 bits per heavy atom. The lowest BCUT2D eigenvalue weighted by molar-refractivity contribution is -0.110. The van der Waals surface area contributed by atoms with Crippen LogP contribution < -0.4 is 10.9 Å². The van der Waals surface area contributed by atoms with Crippen molar-refractivity contribution >= 4 is 6.41 Å². The number of hydrazine groups is 1. The highest BCUT2D eigenvalue weighted by atomic mass is 16.1. The van der Waals surface area contributed by atoms with Crippen LogP contribution in [-0.2, 0) is 4.79 Å². The van der Waals surface area contributed by atoms with Crippen molar-refractivity contribution in [3.63, 3.8) is 0 Å². The molecule has 1 amide bonds. The third-order valence-electron chi connectivity index (χ3n) is 1.70. The van der Waals surface area contributed by atoms with Crippen molar-refractivity contribution in [3.8, 4) is 0 Å². The van der Waals surface area contributed by atoms with Gasteiger partial charge in [-0.15, -0.1) is 0 Å². The zero-order valence-corrected chi connectivity index (χ0v) is 5.39. The first-order valence-corrected chi connectivity index (χ1v) is 3.38. The first-order chi connectivity index (χ1) is 4.43. The molecular weight excluding hydrogens is 116 g/mol. The van der Waals surface area contributed by atoms with Crippen LogP contribution in [0.1, 0.15) is 25.7 Å². The molecule has 0 aromatic carbocycles. The van der Waals surface area contributed by atoms with Gasteiger partial charge in [0.05, 0.1) is 0 Å². The number of amides is 1. The lowest BCUT2D eigenvalue weighted by Crippen LogP contribution is -2.38. The van der Waals surface area contributed by atoms with E-state index in [9.17, 15) is 4.79 Å². The second kappa shape index (κ2) is 3.45. The van der Waals surface area contributed by atoms with Crippen LogP contribution in [0.4, 0.5) is 0 Å². The van der Waals surface area contributed by atoms with E-state index < -0.39 is 0 Å². The molecule has 52 valence electrons. The molecule has 0 saturated heterocycles. The third kappa shape index (κ3) is 2.01. The summed E-state index contributed by atoms with van der Waals surface area (Å²) in [7, 11) is 0. The van der Waals surface area contributed by atoms with Gasteiger partial charge in [0.2, 0.25) is 6.41 Å². The van der Waals surface area contributed by atoms with Crippen LogP contribution in [0.25, 0.3) is 0 Å². The van der Waals surface area contributed by atoms with Crippen molar-refractivity contribution in [2.75, 3.05) is 0 Å². The van der Waals surface area contributed by atoms with E-state index >= 15 is 0 Å². The molecule has 0 spiro atoms. The van der Waals surface area contributed by atoms with E-state index in [4.69, 9.17) is 0 Å². The Morgan fingerprint density at radius 1 is 1.33 bits per heavy atom. The fourth-order valence-electron chi connectivity index (χ4n) is 1.22. The van der Waals surface area contributed by atoms with Crippen LogP contribution in [0.5, 0.6) is 0 Å². The maximum Gasteiger partial charge on any atom is 0.221 e. The summed E-state index contributed by atoms with van der Waals surface area (Å²) < 4.78 is 0. The molecule has 0 radical (unpaired) electrons. The van der Waals surface area contributed by atoms with E-state index in [1.54, 1.807) is 0 Å². The molecule has 2 N–H and O–H groups in total. The van der Waals surface area contributed by atoms with Crippen molar-refractivity contribution in [2.24, 2.45) is 0 Å². The van der Waals surface area contributed by atoms with Gasteiger partial charge in [0.1, 0.15) is 0 Å². The summed E-state index contributed by atoms with van der Waals surface area (Å²) in [5.74, 6) is 0. The van der Waals surface area contributed by atoms with Gasteiger partial charge >= 0.3 is 0 Å². The molecule has 1 aliphatic rings. The van der Waals surface area contributed by atoms with E-state index in [0.29, 0.717) is 12.5 Å². The van der Waals surface area contributed by atoms with Crippen molar-refractivity contribution in [3.05, 3.63) is 0 Å². The lowest BCUT2D eigenvalue weighted by Gasteiger charge is -2.08. The summed E-state index contributed by atoms with van der Waals surface area (Å²) in [6.07, 6.45) is 5.65. The normalized spacial score (nSPS) is 20.0. The third-order valence-corrected chi connectivity index (χ3v) is 1.70. The van der Waals surface area contributed by atoms with E-state index in [0.717, 1.165) is 0 Å². The molecule has 0 aromatic heterocycles. The van der Waals surface area contributed by atoms with Crippen LogP contribution >= 0.6 is 0 Å². The van der Waals surface area contributed by atoms with Crippen molar-refractivity contribution in [2.45, 2.75) is 31.7 Å². The fourth-order valence-corrected chi connectivity index (χ4v) is 1.22. The largest absolute Gasteiger partial charge is 0.294 e. The quantitative estimate of drug-likeness (QED) is 0.420. The molecule has 0 bridgehead atoms. The minimum atomic E-state index is 0.523. The monoisotopic (exact) mass is 128 g/mol. The highest BCUT2D eigenvalue weighted by molar-refractivity contribution is 5.44. The summed E-state index contributed by atoms with van der Waals surface area (Å²) in [5.41, 5.74) is 5.37. The lowest BCUT2D eigenvalue weighted by atomic mass is 10.3. The average molecular weight is 128 g/mol. The number of nitrogens with one attached hydrogen (secondary N) is 2. The maximum atomic E-state index is 9.79. The van der Waals surface area contributed by atoms with E-state index in [-0.39, 0.29) is 0 Å². The van der Waals surface area contributed by atoms with Crippen LogP contribution in [0.3, 0.4) is 0 Å². The molecule has 0 aromatic rings. The molecule has 0 heterocycles. The van der Waals surface area contributed by atoms with Gasteiger partial charge in [0.25, 0.3) is 0 Å². The summed E-state index contributed by atoms with van der Waals surface area (Å²) in [6.45, 7) is 0. The minimum Gasteiger partial charge on any atom is -0.294 e. The molecule has 0 atom stereocenters. The number of hydrogen-bond acceptors (Lipinski definition) is 2. The second-order valence-electron chi connectivity index (χ2n) is 2.39. The first kappa shape index (κ1) is 6.55. The first-order valence-electron chi connectivity index (χ1n) is 3.38. The molecule has 3 nitrogen and oxygen atoms in total. The fraction of sp³-hybridized carbons (Fsp3) is 0.833. The summed E-state index contributed by atoms with van der Waals surface area (Å²) in [4.78, 5) is 9.79. The topological polar surface area (TPSA) is 41.1 Å². The van der Waals surface area contributed by atoms with Crippen LogP contribution in [0.2, 0.25) is 0 Å². The molecule has 1 fully saturated rings. The van der Waals surface area contributed by atoms with Gasteiger partial charge in [-0.2, -0.15) is 0 Å². The van der Waals surface area contributed by atoms with Crippen molar-refractivity contribution in [1.82, 2.24) is 10.9 Å². The van der Waals surface area contributed by atoms with E-state index in [1.807, 2.05) is 0 Å². The molecular formula is C6H12N2O. The highest BCUT2D eigenvalue weighted by Crippen LogP contribution is 2.16. The Balaban J connectivity index is 2.04. The van der Waals surface area contributed by atoms with E-state index in [2.05, 4.69) is 10.9 Å². The van der Waals surface area contributed by atoms with Crippen LogP contribution in [0.15, 0.2) is 0 Å². The van der Waals surface area contributed by atoms with Gasteiger partial charge in [0, 0.05) is 6.04 Å². The Morgan fingerprint density at radius 2 is 2.00 bits per heavy atom. The summed E-state index contributed by atoms with van der Waals surface area (Å²) >= 11 is 0. The molecule has 3 heteroatoms. The van der Waals surface area contributed by atoms with Gasteiger partial charge in [0.15, 0.2) is 0 Å². The van der Waals surface area contributed by atoms with E-state index in [1.165, 1.54) is 25.7 Å². The standard InChI is InChI=1S/C6H12N2O/c9-5-7-8-6-3-1-2-4-6/h5-6,8H,1-4H2,(H,7,9). The molecule has 1 rings (SSSR count). The highest BCUT2D eigenvalue weighted by Gasteiger charge is 2.12. The molecule has 1 aliphatic carbocycles. The number of carbonyl (C=O) groups excluding carboxylic acids is 1. The van der Waals surface area contributed by atoms with Crippen LogP contribution in [0, 0.1) is 0 Å². The van der Waals surface area contributed by atoms with Crippen molar-refractivity contribution in [1.29, 1.82) is 0 Å². The molecule has 1 saturated carbocycles. The smallest absolute Gasteiger partial charge is 0.221 e. The SMILES string of the molecule is O=CNNC1CCCC1. The second-order valence-corrected chi connectivity index (χ2v) is 2.39. The van der Waals surface area contributed by atoms with Gasteiger partial charge < -0.3 is 0 Å². The summed E-state index contributed by atoms with van der Waals surface area (Å²) in [5, 5.41) is 0. The Kier molecular flexibility index (Phi) is 2.51. The van der Waals surface area contributed by atoms with Gasteiger partial charge in [-0.3, -0.25) is 10.2 Å². The Bertz CT molecular complexity index is 89.1. The number of hydrogen-bond donors (Lipinski definition) is 2. The Hall–Kier alpha value is -0.570. The minimum absolute atomic E-state index is 0.523. The average Bonchev–Trinajstić information content (AvgIpc) is 2.34. The molecule has 0 aliphatic heterocycles. The Labute approximate surface area is 54.8 Å². The maximum absolute atomic E-state index is 9.79. The predicted octanol–water partition coefficient (Wildman–Crippen LogP) is 0.180.